The van der Waals surface area contributed by atoms with Crippen LogP contribution in [0, 0.1) is 5.82 Å². The minimum absolute atomic E-state index is 0.152. The van der Waals surface area contributed by atoms with Crippen LogP contribution in [-0.4, -0.2) is 20.9 Å². The molecule has 1 fully saturated rings. The van der Waals surface area contributed by atoms with Crippen molar-refractivity contribution >= 4 is 48.9 Å². The molecule has 7 heteroatoms. The SMILES string of the molecule is O=C1CCC(O)(c2nc3c4ccc(F)cc4c4c(=O)[nH]ccc4c3s2)CC1. The van der Waals surface area contributed by atoms with Crippen LogP contribution < -0.4 is 5.56 Å². The van der Waals surface area contributed by atoms with E-state index in [4.69, 9.17) is 4.98 Å². The van der Waals surface area contributed by atoms with Crippen molar-refractivity contribution in [3.8, 4) is 0 Å². The van der Waals surface area contributed by atoms with Crippen LogP contribution in [0.5, 0.6) is 0 Å². The quantitative estimate of drug-likeness (QED) is 0.491. The molecule has 0 amide bonds. The lowest BCUT2D eigenvalue weighted by atomic mass is 9.85. The third-order valence-electron chi connectivity index (χ3n) is 5.37. The van der Waals surface area contributed by atoms with Crippen molar-refractivity contribution in [1.29, 1.82) is 0 Å². The van der Waals surface area contributed by atoms with Crippen molar-refractivity contribution in [1.82, 2.24) is 9.97 Å². The maximum Gasteiger partial charge on any atom is 0.256 e. The summed E-state index contributed by atoms with van der Waals surface area (Å²) in [5.74, 6) is -0.273. The number of aromatic amines is 1. The Labute approximate surface area is 156 Å². The molecule has 0 aliphatic heterocycles. The second kappa shape index (κ2) is 5.68. The molecule has 2 aromatic carbocycles. The number of rotatable bonds is 1. The summed E-state index contributed by atoms with van der Waals surface area (Å²) >= 11 is 1.34. The van der Waals surface area contributed by atoms with Crippen LogP contribution >= 0.6 is 11.3 Å². The number of nitrogens with zero attached hydrogens (tertiary/aromatic N) is 1. The van der Waals surface area contributed by atoms with Crippen molar-refractivity contribution < 1.29 is 14.3 Å². The summed E-state index contributed by atoms with van der Waals surface area (Å²) in [6, 6.07) is 6.09. The number of aromatic nitrogens is 2. The third kappa shape index (κ3) is 2.42. The molecule has 1 aliphatic rings. The van der Waals surface area contributed by atoms with Gasteiger partial charge in [-0.3, -0.25) is 9.59 Å². The monoisotopic (exact) mass is 382 g/mol. The molecule has 0 radical (unpaired) electrons. The van der Waals surface area contributed by atoms with Crippen molar-refractivity contribution in [3.63, 3.8) is 0 Å². The van der Waals surface area contributed by atoms with E-state index in [9.17, 15) is 19.1 Å². The summed E-state index contributed by atoms with van der Waals surface area (Å²) in [4.78, 5) is 31.4. The second-order valence-corrected chi connectivity index (χ2v) is 8.05. The molecule has 2 N–H and O–H groups in total. The number of thiazole rings is 1. The molecule has 5 nitrogen and oxygen atoms in total. The predicted molar refractivity (Wildman–Crippen MR) is 103 cm³/mol. The summed E-state index contributed by atoms with van der Waals surface area (Å²) in [5.41, 5.74) is -0.785. The number of fused-ring (bicyclic) bond motifs is 6. The maximum atomic E-state index is 13.9. The van der Waals surface area contributed by atoms with Gasteiger partial charge >= 0.3 is 0 Å². The average Bonchev–Trinajstić information content (AvgIpc) is 3.11. The van der Waals surface area contributed by atoms with Crippen LogP contribution in [0.1, 0.15) is 30.7 Å². The number of pyridine rings is 1. The summed E-state index contributed by atoms with van der Waals surface area (Å²) < 4.78 is 14.7. The van der Waals surface area contributed by atoms with E-state index in [1.54, 1.807) is 18.3 Å². The number of carbonyl (C=O) groups excluding carboxylic acids is 1. The van der Waals surface area contributed by atoms with Gasteiger partial charge in [-0.25, -0.2) is 9.37 Å². The number of benzene rings is 2. The zero-order valence-electron chi connectivity index (χ0n) is 14.2. The van der Waals surface area contributed by atoms with Gasteiger partial charge in [-0.2, -0.15) is 0 Å². The Balaban J connectivity index is 1.89. The lowest BCUT2D eigenvalue weighted by Gasteiger charge is -2.29. The van der Waals surface area contributed by atoms with E-state index in [0.29, 0.717) is 57.8 Å². The Morgan fingerprint density at radius 3 is 2.67 bits per heavy atom. The van der Waals surface area contributed by atoms with Gasteiger partial charge in [-0.1, -0.05) is 0 Å². The molecule has 1 saturated carbocycles. The zero-order valence-corrected chi connectivity index (χ0v) is 15.0. The Kier molecular flexibility index (Phi) is 3.47. The van der Waals surface area contributed by atoms with Crippen LogP contribution in [0.2, 0.25) is 0 Å². The Morgan fingerprint density at radius 1 is 1.11 bits per heavy atom. The lowest BCUT2D eigenvalue weighted by molar-refractivity contribution is -0.125. The number of halogens is 1. The minimum Gasteiger partial charge on any atom is -0.383 e. The van der Waals surface area contributed by atoms with E-state index in [1.807, 2.05) is 0 Å². The number of aliphatic hydroxyl groups is 1. The lowest BCUT2D eigenvalue weighted by Crippen LogP contribution is -2.31. The number of H-pyrrole nitrogens is 1. The molecular formula is C20H15FN2O3S. The predicted octanol–water partition coefficient (Wildman–Crippen LogP) is 3.76. The van der Waals surface area contributed by atoms with Gasteiger partial charge < -0.3 is 10.1 Å². The minimum atomic E-state index is -1.14. The number of hydrogen-bond acceptors (Lipinski definition) is 5. The van der Waals surface area contributed by atoms with Gasteiger partial charge in [0.25, 0.3) is 5.56 Å². The van der Waals surface area contributed by atoms with Gasteiger partial charge in [-0.05, 0) is 37.1 Å². The molecule has 0 atom stereocenters. The van der Waals surface area contributed by atoms with Gasteiger partial charge in [0.05, 0.1) is 15.6 Å². The molecular weight excluding hydrogens is 367 g/mol. The molecule has 0 unspecified atom stereocenters. The zero-order chi connectivity index (χ0) is 18.8. The topological polar surface area (TPSA) is 83.0 Å². The van der Waals surface area contributed by atoms with Crippen LogP contribution in [0.15, 0.2) is 35.3 Å². The van der Waals surface area contributed by atoms with E-state index >= 15 is 0 Å². The van der Waals surface area contributed by atoms with Crippen molar-refractivity contribution in [3.05, 3.63) is 51.6 Å². The van der Waals surface area contributed by atoms with E-state index in [2.05, 4.69) is 4.98 Å². The Bertz CT molecular complexity index is 1300. The van der Waals surface area contributed by atoms with Crippen LogP contribution in [0.25, 0.3) is 31.8 Å². The number of hydrogen-bond donors (Lipinski definition) is 2. The first-order chi connectivity index (χ1) is 13.0. The second-order valence-electron chi connectivity index (χ2n) is 7.05. The normalized spacial score (nSPS) is 17.2. The van der Waals surface area contributed by atoms with Crippen LogP contribution in [-0.2, 0) is 10.4 Å². The van der Waals surface area contributed by atoms with Crippen molar-refractivity contribution in [2.75, 3.05) is 0 Å². The van der Waals surface area contributed by atoms with Crippen LogP contribution in [0.4, 0.5) is 4.39 Å². The fourth-order valence-corrected chi connectivity index (χ4v) is 5.16. The van der Waals surface area contributed by atoms with Gasteiger partial charge in [0.1, 0.15) is 22.2 Å². The number of carbonyl (C=O) groups is 1. The third-order valence-corrected chi connectivity index (χ3v) is 6.65. The van der Waals surface area contributed by atoms with Crippen molar-refractivity contribution in [2.24, 2.45) is 0 Å². The molecule has 0 spiro atoms. The summed E-state index contributed by atoms with van der Waals surface area (Å²) in [5, 5.41) is 13.9. The maximum absolute atomic E-state index is 13.9. The first-order valence-electron chi connectivity index (χ1n) is 8.74. The molecule has 4 aromatic rings. The smallest absolute Gasteiger partial charge is 0.256 e. The van der Waals surface area contributed by atoms with E-state index in [1.165, 1.54) is 23.5 Å². The van der Waals surface area contributed by atoms with Gasteiger partial charge in [0, 0.05) is 35.2 Å². The largest absolute Gasteiger partial charge is 0.383 e. The molecule has 2 heterocycles. The molecule has 0 bridgehead atoms. The van der Waals surface area contributed by atoms with Gasteiger partial charge in [-0.15, -0.1) is 11.3 Å². The first kappa shape index (κ1) is 16.5. The fourth-order valence-electron chi connectivity index (χ4n) is 3.91. The standard InChI is InChI=1S/C20H15FN2O3S/c21-10-1-2-12-14(9-10)15-13(5-8-22-18(15)25)17-16(12)23-19(27-17)20(26)6-3-11(24)4-7-20/h1-2,5,8-9,26H,3-4,6-7H2,(H,22,25). The van der Waals surface area contributed by atoms with Crippen LogP contribution in [0.3, 0.4) is 0 Å². The fraction of sp³-hybridized carbons (Fsp3) is 0.250. The Morgan fingerprint density at radius 2 is 1.89 bits per heavy atom. The molecule has 0 saturated heterocycles. The number of ketones is 1. The highest BCUT2D eigenvalue weighted by Crippen LogP contribution is 2.43. The molecule has 1 aliphatic carbocycles. The van der Waals surface area contributed by atoms with Gasteiger partial charge in [0.15, 0.2) is 0 Å². The summed E-state index contributed by atoms with van der Waals surface area (Å²) in [6.07, 6.45) is 2.91. The molecule has 5 rings (SSSR count). The van der Waals surface area contributed by atoms with Crippen molar-refractivity contribution in [2.45, 2.75) is 31.3 Å². The average molecular weight is 382 g/mol. The number of nitrogens with one attached hydrogen (secondary N) is 1. The highest BCUT2D eigenvalue weighted by Gasteiger charge is 2.37. The van der Waals surface area contributed by atoms with E-state index in [0.717, 1.165) is 4.70 Å². The van der Waals surface area contributed by atoms with E-state index in [-0.39, 0.29) is 11.3 Å². The molecule has 2 aromatic heterocycles. The van der Waals surface area contributed by atoms with E-state index < -0.39 is 11.4 Å². The Hall–Kier alpha value is -2.64. The van der Waals surface area contributed by atoms with Gasteiger partial charge in [0.2, 0.25) is 0 Å². The summed E-state index contributed by atoms with van der Waals surface area (Å²) in [7, 11) is 0. The highest BCUT2D eigenvalue weighted by molar-refractivity contribution is 7.19. The summed E-state index contributed by atoms with van der Waals surface area (Å²) in [6.45, 7) is 0. The molecule has 27 heavy (non-hydrogen) atoms. The molecule has 136 valence electrons. The first-order valence-corrected chi connectivity index (χ1v) is 9.56. The number of Topliss-reactive ketones (excluding diaryl/α,β-unsaturated/α-hetero) is 1. The highest BCUT2D eigenvalue weighted by atomic mass is 32.1.